The van der Waals surface area contributed by atoms with Gasteiger partial charge in [0.25, 0.3) is 0 Å². The van der Waals surface area contributed by atoms with Crippen LogP contribution in [0.1, 0.15) is 0 Å². The molecule has 5 heteroatoms. The molecule has 9 heavy (non-hydrogen) atoms. The molecule has 1 aromatic heterocycles. The van der Waals surface area contributed by atoms with E-state index in [1.54, 1.807) is 7.05 Å². The highest BCUT2D eigenvalue weighted by Gasteiger charge is 2.02. The number of hydrogen-bond acceptors (Lipinski definition) is 2. The molecule has 1 heterocycles. The van der Waals surface area contributed by atoms with Gasteiger partial charge in [0, 0.05) is 12.6 Å². The van der Waals surface area contributed by atoms with Gasteiger partial charge in [0.1, 0.15) is 7.85 Å². The van der Waals surface area contributed by atoms with E-state index in [1.807, 2.05) is 0 Å². The van der Waals surface area contributed by atoms with Crippen molar-refractivity contribution >= 4 is 27.0 Å². The Bertz CT molecular complexity index is 210. The van der Waals surface area contributed by atoms with Crippen molar-refractivity contribution in [3.63, 3.8) is 0 Å². The van der Waals surface area contributed by atoms with Crippen LogP contribution in [0.2, 0.25) is 0 Å². The number of imidazole rings is 1. The Kier molecular flexibility index (Phi) is 1.27. The summed E-state index contributed by atoms with van der Waals surface area (Å²) in [6, 6.07) is 0. The second-order valence-electron chi connectivity index (χ2n) is 1.74. The average molecular weight is 118 g/mol. The zero-order valence-electron chi connectivity index (χ0n) is 5.00. The molecule has 4 radical (unpaired) electrons. The van der Waals surface area contributed by atoms with Gasteiger partial charge in [0.05, 0.1) is 5.72 Å². The molecule has 0 bridgehead atoms. The molecular weight excluding hydrogens is 114 g/mol. The number of rotatable bonds is 0. The molecule has 42 valence electrons. The lowest BCUT2D eigenvalue weighted by molar-refractivity contribution is 0.438. The topological polar surface area (TPSA) is 38.0 Å². The van der Waals surface area contributed by atoms with Crippen LogP contribution in [0.4, 0.5) is 0 Å². The van der Waals surface area contributed by atoms with Crippen molar-refractivity contribution in [2.75, 3.05) is 0 Å². The fraction of sp³-hybridized carbons (Fsp3) is 0.250. The summed E-state index contributed by atoms with van der Waals surface area (Å²) in [4.78, 5) is 3.58. The SMILES string of the molecule is [B]c1nc([B])n(C)c1O. The third kappa shape index (κ3) is 0.823. The van der Waals surface area contributed by atoms with Crippen molar-refractivity contribution < 1.29 is 5.11 Å². The quantitative estimate of drug-likeness (QED) is 0.389. The lowest BCUT2D eigenvalue weighted by atomic mass is 10.1. The normalized spacial score (nSPS) is 9.89. The molecule has 0 aliphatic heterocycles. The molecule has 0 amide bonds. The predicted molar refractivity (Wildman–Crippen MR) is 35.6 cm³/mol. The van der Waals surface area contributed by atoms with Crippen LogP contribution in [0.5, 0.6) is 5.88 Å². The third-order valence-electron chi connectivity index (χ3n) is 1.13. The van der Waals surface area contributed by atoms with Crippen LogP contribution in [0.15, 0.2) is 0 Å². The maximum absolute atomic E-state index is 8.92. The van der Waals surface area contributed by atoms with Crippen LogP contribution in [0.3, 0.4) is 0 Å². The van der Waals surface area contributed by atoms with Crippen LogP contribution in [-0.2, 0) is 7.05 Å². The van der Waals surface area contributed by atoms with E-state index in [0.717, 1.165) is 0 Å². The number of nitrogens with zero attached hydrogens (tertiary/aromatic N) is 2. The molecule has 0 aromatic carbocycles. The van der Waals surface area contributed by atoms with Gasteiger partial charge >= 0.3 is 0 Å². The highest BCUT2D eigenvalue weighted by atomic mass is 16.3. The molecule has 0 saturated heterocycles. The van der Waals surface area contributed by atoms with Crippen LogP contribution in [0.25, 0.3) is 0 Å². The van der Waals surface area contributed by atoms with Crippen molar-refractivity contribution in [2.24, 2.45) is 7.05 Å². The van der Waals surface area contributed by atoms with Crippen molar-refractivity contribution in [3.05, 3.63) is 0 Å². The van der Waals surface area contributed by atoms with Gasteiger partial charge in [-0.1, -0.05) is 0 Å². The summed E-state index contributed by atoms with van der Waals surface area (Å²) in [6.07, 6.45) is 0. The summed E-state index contributed by atoms with van der Waals surface area (Å²) < 4.78 is 1.30. The van der Waals surface area contributed by atoms with E-state index in [2.05, 4.69) is 4.98 Å². The van der Waals surface area contributed by atoms with Crippen LogP contribution >= 0.6 is 0 Å². The number of aromatic nitrogens is 2. The Morgan fingerprint density at radius 1 is 1.56 bits per heavy atom. The summed E-state index contributed by atoms with van der Waals surface area (Å²) in [5.74, 6) is -0.0903. The maximum Gasteiger partial charge on any atom is 0.202 e. The van der Waals surface area contributed by atoms with E-state index in [1.165, 1.54) is 4.57 Å². The third-order valence-corrected chi connectivity index (χ3v) is 1.13. The fourth-order valence-corrected chi connectivity index (χ4v) is 0.529. The molecule has 0 fully saturated rings. The smallest absolute Gasteiger partial charge is 0.202 e. The average Bonchev–Trinajstić information content (AvgIpc) is 1.98. The second-order valence-corrected chi connectivity index (χ2v) is 1.74. The highest BCUT2D eigenvalue weighted by Crippen LogP contribution is 1.94. The van der Waals surface area contributed by atoms with Crippen molar-refractivity contribution in [3.8, 4) is 5.88 Å². The summed E-state index contributed by atoms with van der Waals surface area (Å²) >= 11 is 0. The van der Waals surface area contributed by atoms with Crippen molar-refractivity contribution in [1.29, 1.82) is 0 Å². The second kappa shape index (κ2) is 1.83. The lowest BCUT2D eigenvalue weighted by Gasteiger charge is -1.94. The van der Waals surface area contributed by atoms with E-state index in [4.69, 9.17) is 20.8 Å². The number of aromatic hydroxyl groups is 1. The maximum atomic E-state index is 8.92. The first-order chi connectivity index (χ1) is 4.13. The van der Waals surface area contributed by atoms with Gasteiger partial charge in [-0.15, -0.1) is 0 Å². The van der Waals surface area contributed by atoms with Gasteiger partial charge in [-0.05, 0) is 0 Å². The molecule has 0 unspecified atom stereocenters. The Morgan fingerprint density at radius 2 is 2.11 bits per heavy atom. The first-order valence-corrected chi connectivity index (χ1v) is 2.39. The Labute approximate surface area is 55.5 Å². The Balaban J connectivity index is 3.29. The molecule has 1 N–H and O–H groups in total. The first-order valence-electron chi connectivity index (χ1n) is 2.39. The standard InChI is InChI=1S/C4H4B2N2O/c1-8-3(9)2(5)7-4(8)6/h9H,1H3. The molecule has 0 atom stereocenters. The summed E-state index contributed by atoms with van der Waals surface area (Å²) in [5, 5.41) is 8.92. The van der Waals surface area contributed by atoms with Crippen molar-refractivity contribution in [1.82, 2.24) is 9.55 Å². The van der Waals surface area contributed by atoms with E-state index in [9.17, 15) is 0 Å². The zero-order chi connectivity index (χ0) is 7.02. The van der Waals surface area contributed by atoms with E-state index >= 15 is 0 Å². The zero-order valence-corrected chi connectivity index (χ0v) is 5.00. The van der Waals surface area contributed by atoms with Crippen molar-refractivity contribution in [2.45, 2.75) is 0 Å². The number of hydrogen-bond donors (Lipinski definition) is 1. The summed E-state index contributed by atoms with van der Waals surface area (Å²) in [7, 11) is 12.0. The molecule has 1 rings (SSSR count). The van der Waals surface area contributed by atoms with E-state index < -0.39 is 0 Å². The summed E-state index contributed by atoms with van der Waals surface area (Å²) in [5.41, 5.74) is 0.278. The first kappa shape index (κ1) is 6.26. The predicted octanol–water partition coefficient (Wildman–Crippen LogP) is -2.29. The minimum atomic E-state index is -0.0903. The molecule has 0 aliphatic rings. The van der Waals surface area contributed by atoms with Crippen LogP contribution in [0, 0.1) is 0 Å². The van der Waals surface area contributed by atoms with Gasteiger partial charge in [-0.3, -0.25) is 4.98 Å². The Morgan fingerprint density at radius 3 is 2.22 bits per heavy atom. The largest absolute Gasteiger partial charge is 0.494 e. The summed E-state index contributed by atoms with van der Waals surface area (Å²) in [6.45, 7) is 0. The Hall–Kier alpha value is -0.860. The molecule has 0 saturated carbocycles. The molecule has 0 spiro atoms. The minimum Gasteiger partial charge on any atom is -0.494 e. The van der Waals surface area contributed by atoms with E-state index in [0.29, 0.717) is 0 Å². The molecular formula is C4H4B2N2O. The van der Waals surface area contributed by atoms with Gasteiger partial charge in [-0.25, -0.2) is 0 Å². The van der Waals surface area contributed by atoms with Crippen LogP contribution < -0.4 is 11.3 Å². The molecule has 3 nitrogen and oxygen atoms in total. The fourth-order valence-electron chi connectivity index (χ4n) is 0.529. The van der Waals surface area contributed by atoms with Gasteiger partial charge in [-0.2, -0.15) is 0 Å². The molecule has 0 aliphatic carbocycles. The van der Waals surface area contributed by atoms with Gasteiger partial charge in [0.2, 0.25) is 5.88 Å². The van der Waals surface area contributed by atoms with E-state index in [-0.39, 0.29) is 17.2 Å². The highest BCUT2D eigenvalue weighted by molar-refractivity contribution is 6.36. The van der Waals surface area contributed by atoms with Gasteiger partial charge < -0.3 is 9.67 Å². The monoisotopic (exact) mass is 118 g/mol. The minimum absolute atomic E-state index is 0.0648. The van der Waals surface area contributed by atoms with Crippen LogP contribution in [-0.4, -0.2) is 30.4 Å². The lowest BCUT2D eigenvalue weighted by Crippen LogP contribution is -2.16. The molecule has 1 aromatic rings. The van der Waals surface area contributed by atoms with Gasteiger partial charge in [0.15, 0.2) is 7.85 Å².